The van der Waals surface area contributed by atoms with Gasteiger partial charge in [0, 0.05) is 15.5 Å². The van der Waals surface area contributed by atoms with Crippen LogP contribution < -0.4 is 10.2 Å². The molecule has 0 saturated heterocycles. The maximum absolute atomic E-state index is 11.8. The molecule has 0 saturated carbocycles. The van der Waals surface area contributed by atoms with E-state index in [1.165, 1.54) is 11.8 Å². The largest absolute Gasteiger partial charge is 0.489 e. The maximum atomic E-state index is 11.8. The second-order valence-electron chi connectivity index (χ2n) is 5.84. The summed E-state index contributed by atoms with van der Waals surface area (Å²) in [5.74, 6) is 0.904. The van der Waals surface area contributed by atoms with Crippen molar-refractivity contribution in [1.29, 1.82) is 0 Å². The van der Waals surface area contributed by atoms with E-state index >= 15 is 0 Å². The molecule has 3 aromatic carbocycles. The summed E-state index contributed by atoms with van der Waals surface area (Å²) in [6, 6.07) is 24.8. The number of ether oxygens (including phenoxy) is 1. The molecule has 6 heteroatoms. The van der Waals surface area contributed by atoms with Gasteiger partial charge in [0.25, 0.3) is 0 Å². The van der Waals surface area contributed by atoms with Crippen molar-refractivity contribution in [3.8, 4) is 5.75 Å². The molecule has 0 aliphatic rings. The molecular weight excluding hydrogens is 392 g/mol. The third-order valence-corrected chi connectivity index (χ3v) is 5.13. The van der Waals surface area contributed by atoms with E-state index in [1.807, 2.05) is 78.9 Å². The van der Waals surface area contributed by atoms with Crippen LogP contribution in [0, 0.1) is 0 Å². The fourth-order valence-corrected chi connectivity index (χ4v) is 3.21. The Bertz CT molecular complexity index is 931. The smallest absolute Gasteiger partial charge is 0.250 e. The second kappa shape index (κ2) is 10.5. The predicted molar refractivity (Wildman–Crippen MR) is 115 cm³/mol. The van der Waals surface area contributed by atoms with Gasteiger partial charge >= 0.3 is 0 Å². The van der Waals surface area contributed by atoms with Gasteiger partial charge in [0.15, 0.2) is 0 Å². The lowest BCUT2D eigenvalue weighted by atomic mass is 10.2. The molecule has 0 bridgehead atoms. The molecule has 4 nitrogen and oxygen atoms in total. The van der Waals surface area contributed by atoms with Crippen molar-refractivity contribution in [2.24, 2.45) is 5.10 Å². The zero-order chi connectivity index (χ0) is 19.6. The number of halogens is 1. The highest BCUT2D eigenvalue weighted by atomic mass is 35.5. The summed E-state index contributed by atoms with van der Waals surface area (Å²) >= 11 is 7.59. The number of thioether (sulfide) groups is 1. The number of amides is 1. The number of nitrogens with one attached hydrogen (secondary N) is 1. The van der Waals surface area contributed by atoms with Crippen LogP contribution in [0.5, 0.6) is 5.75 Å². The van der Waals surface area contributed by atoms with Gasteiger partial charge in [-0.05, 0) is 48.0 Å². The Labute approximate surface area is 173 Å². The van der Waals surface area contributed by atoms with Crippen molar-refractivity contribution in [3.05, 3.63) is 95.0 Å². The van der Waals surface area contributed by atoms with Crippen molar-refractivity contribution < 1.29 is 9.53 Å². The molecular formula is C22H19ClN2O2S. The van der Waals surface area contributed by atoms with E-state index in [0.29, 0.717) is 17.4 Å². The molecule has 0 aliphatic heterocycles. The molecule has 1 N–H and O–H groups in total. The van der Waals surface area contributed by atoms with Gasteiger partial charge in [0.1, 0.15) is 12.4 Å². The van der Waals surface area contributed by atoms with Crippen molar-refractivity contribution in [2.75, 3.05) is 5.75 Å². The molecule has 0 atom stereocenters. The number of carbonyl (C=O) groups excluding carboxylic acids is 1. The average molecular weight is 411 g/mol. The summed E-state index contributed by atoms with van der Waals surface area (Å²) in [6.07, 6.45) is 1.60. The van der Waals surface area contributed by atoms with E-state index in [4.69, 9.17) is 16.3 Å². The van der Waals surface area contributed by atoms with Gasteiger partial charge in [-0.3, -0.25) is 4.79 Å². The molecule has 3 aromatic rings. The SMILES string of the molecule is O=C(CSc1ccccc1)N/N=C\c1ccc(OCc2ccccc2Cl)cc1. The topological polar surface area (TPSA) is 50.7 Å². The van der Waals surface area contributed by atoms with E-state index in [2.05, 4.69) is 10.5 Å². The highest BCUT2D eigenvalue weighted by Crippen LogP contribution is 2.19. The van der Waals surface area contributed by atoms with E-state index < -0.39 is 0 Å². The van der Waals surface area contributed by atoms with Crippen LogP contribution in [-0.4, -0.2) is 17.9 Å². The monoisotopic (exact) mass is 410 g/mol. The van der Waals surface area contributed by atoms with Gasteiger partial charge in [-0.15, -0.1) is 11.8 Å². The summed E-state index contributed by atoms with van der Waals surface area (Å²) in [6.45, 7) is 0.405. The highest BCUT2D eigenvalue weighted by molar-refractivity contribution is 8.00. The molecule has 0 heterocycles. The number of rotatable bonds is 8. The summed E-state index contributed by atoms with van der Waals surface area (Å²) in [7, 11) is 0. The standard InChI is InChI=1S/C22H19ClN2O2S/c23-21-9-5-4-6-18(21)15-27-19-12-10-17(11-13-19)14-24-25-22(26)16-28-20-7-2-1-3-8-20/h1-14H,15-16H2,(H,25,26)/b24-14-. The van der Waals surface area contributed by atoms with Crippen LogP contribution in [0.1, 0.15) is 11.1 Å². The Hall–Kier alpha value is -2.76. The molecule has 142 valence electrons. The normalized spacial score (nSPS) is 10.8. The molecule has 3 rings (SSSR count). The van der Waals surface area contributed by atoms with Crippen LogP contribution in [0.25, 0.3) is 0 Å². The fourth-order valence-electron chi connectivity index (χ4n) is 2.30. The molecule has 0 radical (unpaired) electrons. The number of hydrazone groups is 1. The van der Waals surface area contributed by atoms with Crippen molar-refractivity contribution in [3.63, 3.8) is 0 Å². The average Bonchev–Trinajstić information content (AvgIpc) is 2.73. The minimum absolute atomic E-state index is 0.148. The van der Waals surface area contributed by atoms with Crippen molar-refractivity contribution >= 4 is 35.5 Å². The maximum Gasteiger partial charge on any atom is 0.250 e. The predicted octanol–water partition coefficient (Wildman–Crippen LogP) is 5.16. The molecule has 1 amide bonds. The van der Waals surface area contributed by atoms with Crippen LogP contribution in [0.2, 0.25) is 5.02 Å². The lowest BCUT2D eigenvalue weighted by Crippen LogP contribution is -2.19. The van der Waals surface area contributed by atoms with Gasteiger partial charge < -0.3 is 4.74 Å². The van der Waals surface area contributed by atoms with Crippen LogP contribution >= 0.6 is 23.4 Å². The molecule has 0 aromatic heterocycles. The van der Waals surface area contributed by atoms with E-state index in [0.717, 1.165) is 21.8 Å². The van der Waals surface area contributed by atoms with Gasteiger partial charge in [-0.1, -0.05) is 48.0 Å². The highest BCUT2D eigenvalue weighted by Gasteiger charge is 2.02. The summed E-state index contributed by atoms with van der Waals surface area (Å²) in [5.41, 5.74) is 4.33. The van der Waals surface area contributed by atoms with E-state index in [1.54, 1.807) is 6.21 Å². The Morgan fingerprint density at radius 2 is 1.71 bits per heavy atom. The summed E-state index contributed by atoms with van der Waals surface area (Å²) in [5, 5.41) is 4.68. The van der Waals surface area contributed by atoms with Crippen LogP contribution in [0.4, 0.5) is 0 Å². The number of hydrogen-bond acceptors (Lipinski definition) is 4. The first-order valence-corrected chi connectivity index (χ1v) is 10.0. The third kappa shape index (κ3) is 6.44. The Balaban J connectivity index is 1.43. The molecule has 0 spiro atoms. The first-order chi connectivity index (χ1) is 13.7. The number of nitrogens with zero attached hydrogens (tertiary/aromatic N) is 1. The molecule has 28 heavy (non-hydrogen) atoms. The molecule has 0 fully saturated rings. The number of carbonyl (C=O) groups is 1. The van der Waals surface area contributed by atoms with Gasteiger partial charge in [-0.25, -0.2) is 5.43 Å². The van der Waals surface area contributed by atoms with E-state index in [-0.39, 0.29) is 5.91 Å². The number of hydrogen-bond donors (Lipinski definition) is 1. The first kappa shape index (κ1) is 20.0. The minimum Gasteiger partial charge on any atom is -0.489 e. The summed E-state index contributed by atoms with van der Waals surface area (Å²) < 4.78 is 5.74. The Morgan fingerprint density at radius 1 is 1.00 bits per heavy atom. The first-order valence-electron chi connectivity index (χ1n) is 8.67. The minimum atomic E-state index is -0.148. The fraction of sp³-hybridized carbons (Fsp3) is 0.0909. The van der Waals surface area contributed by atoms with Crippen molar-refractivity contribution in [2.45, 2.75) is 11.5 Å². The van der Waals surface area contributed by atoms with Gasteiger partial charge in [0.05, 0.1) is 12.0 Å². The Morgan fingerprint density at radius 3 is 2.46 bits per heavy atom. The quantitative estimate of drug-likeness (QED) is 0.317. The summed E-state index contributed by atoms with van der Waals surface area (Å²) in [4.78, 5) is 12.9. The van der Waals surface area contributed by atoms with Gasteiger partial charge in [-0.2, -0.15) is 5.10 Å². The van der Waals surface area contributed by atoms with Crippen LogP contribution in [0.3, 0.4) is 0 Å². The van der Waals surface area contributed by atoms with Crippen LogP contribution in [0.15, 0.2) is 88.9 Å². The van der Waals surface area contributed by atoms with E-state index in [9.17, 15) is 4.79 Å². The second-order valence-corrected chi connectivity index (χ2v) is 7.30. The molecule has 0 aliphatic carbocycles. The van der Waals surface area contributed by atoms with Crippen molar-refractivity contribution in [1.82, 2.24) is 5.43 Å². The number of benzene rings is 3. The Kier molecular flexibility index (Phi) is 7.53. The zero-order valence-corrected chi connectivity index (χ0v) is 16.6. The zero-order valence-electron chi connectivity index (χ0n) is 15.0. The van der Waals surface area contributed by atoms with Crippen LogP contribution in [-0.2, 0) is 11.4 Å². The van der Waals surface area contributed by atoms with Gasteiger partial charge in [0.2, 0.25) is 5.91 Å². The lowest BCUT2D eigenvalue weighted by molar-refractivity contribution is -0.118. The third-order valence-electron chi connectivity index (χ3n) is 3.75. The molecule has 0 unspecified atom stereocenters. The lowest BCUT2D eigenvalue weighted by Gasteiger charge is -2.07.